The number of rotatable bonds is 4. The molecule has 1 fully saturated rings. The molecule has 4 heteroatoms. The lowest BCUT2D eigenvalue weighted by Crippen LogP contribution is -2.52. The Morgan fingerprint density at radius 3 is 2.82 bits per heavy atom. The van der Waals surface area contributed by atoms with E-state index in [1.165, 1.54) is 0 Å². The van der Waals surface area contributed by atoms with E-state index >= 15 is 0 Å². The quantitative estimate of drug-likeness (QED) is 0.752. The minimum Gasteiger partial charge on any atom is -0.375 e. The van der Waals surface area contributed by atoms with E-state index in [4.69, 9.17) is 10.00 Å². The first-order chi connectivity index (χ1) is 8.13. The molecule has 0 aromatic rings. The Labute approximate surface area is 104 Å². The molecule has 1 heterocycles. The average Bonchev–Trinajstić information content (AvgIpc) is 2.35. The average molecular weight is 238 g/mol. The second-order valence-electron chi connectivity index (χ2n) is 4.67. The fraction of sp³-hybridized carbons (Fsp3) is 0.846. The van der Waals surface area contributed by atoms with Crippen molar-refractivity contribution in [2.75, 3.05) is 13.2 Å². The van der Waals surface area contributed by atoms with Crippen molar-refractivity contribution in [3.8, 4) is 6.07 Å². The van der Waals surface area contributed by atoms with E-state index in [1.807, 2.05) is 25.7 Å². The fourth-order valence-corrected chi connectivity index (χ4v) is 2.18. The molecule has 0 aromatic carbocycles. The molecule has 1 amide bonds. The second-order valence-corrected chi connectivity index (χ2v) is 4.67. The number of carbonyl (C=O) groups is 1. The van der Waals surface area contributed by atoms with Gasteiger partial charge in [-0.05, 0) is 19.8 Å². The maximum atomic E-state index is 12.3. The summed E-state index contributed by atoms with van der Waals surface area (Å²) < 4.78 is 5.56. The molecular formula is C13H22N2O2. The molecule has 0 saturated carbocycles. The van der Waals surface area contributed by atoms with E-state index < -0.39 is 5.92 Å². The van der Waals surface area contributed by atoms with Gasteiger partial charge < -0.3 is 9.64 Å². The van der Waals surface area contributed by atoms with Gasteiger partial charge in [-0.2, -0.15) is 5.26 Å². The number of morpholine rings is 1. The molecule has 0 aromatic heterocycles. The first-order valence-corrected chi connectivity index (χ1v) is 6.45. The number of amides is 1. The zero-order chi connectivity index (χ0) is 12.8. The van der Waals surface area contributed by atoms with Crippen LogP contribution in [0.4, 0.5) is 0 Å². The maximum Gasteiger partial charge on any atom is 0.240 e. The topological polar surface area (TPSA) is 53.3 Å². The van der Waals surface area contributed by atoms with Gasteiger partial charge in [-0.25, -0.2) is 0 Å². The molecule has 17 heavy (non-hydrogen) atoms. The second kappa shape index (κ2) is 6.61. The van der Waals surface area contributed by atoms with Crippen LogP contribution in [0.15, 0.2) is 0 Å². The molecule has 96 valence electrons. The highest BCUT2D eigenvalue weighted by Crippen LogP contribution is 2.19. The summed E-state index contributed by atoms with van der Waals surface area (Å²) >= 11 is 0. The highest BCUT2D eigenvalue weighted by molar-refractivity contribution is 5.81. The van der Waals surface area contributed by atoms with Gasteiger partial charge in [-0.15, -0.1) is 0 Å². The highest BCUT2D eigenvalue weighted by atomic mass is 16.5. The number of hydrogen-bond acceptors (Lipinski definition) is 3. The molecule has 1 aliphatic heterocycles. The normalized spacial score (nSPS) is 26.4. The van der Waals surface area contributed by atoms with Crippen LogP contribution >= 0.6 is 0 Å². The Morgan fingerprint density at radius 1 is 1.59 bits per heavy atom. The first-order valence-electron chi connectivity index (χ1n) is 6.45. The van der Waals surface area contributed by atoms with E-state index in [0.29, 0.717) is 19.6 Å². The largest absolute Gasteiger partial charge is 0.375 e. The van der Waals surface area contributed by atoms with Gasteiger partial charge in [0, 0.05) is 6.54 Å². The van der Waals surface area contributed by atoms with Crippen LogP contribution in [0.3, 0.4) is 0 Å². The summed E-state index contributed by atoms with van der Waals surface area (Å²) in [5.41, 5.74) is 0. The van der Waals surface area contributed by atoms with Gasteiger partial charge in [0.1, 0.15) is 5.92 Å². The zero-order valence-electron chi connectivity index (χ0n) is 11.0. The Morgan fingerprint density at radius 2 is 2.29 bits per heavy atom. The molecule has 0 aliphatic carbocycles. The predicted molar refractivity (Wildman–Crippen MR) is 65.2 cm³/mol. The summed E-state index contributed by atoms with van der Waals surface area (Å²) in [7, 11) is 0. The third-order valence-electron chi connectivity index (χ3n) is 3.25. The van der Waals surface area contributed by atoms with Gasteiger partial charge >= 0.3 is 0 Å². The van der Waals surface area contributed by atoms with Crippen LogP contribution in [0.25, 0.3) is 0 Å². The molecule has 1 saturated heterocycles. The molecule has 0 N–H and O–H groups in total. The standard InChI is InChI=1S/C13H22N2O2/c1-4-6-11(7-14)13(16)15-8-10(3)17-9-12(15)5-2/h10-12H,4-6,8-9H2,1-3H3. The van der Waals surface area contributed by atoms with Gasteiger partial charge in [-0.3, -0.25) is 4.79 Å². The molecule has 1 rings (SSSR count). The zero-order valence-corrected chi connectivity index (χ0v) is 11.0. The van der Waals surface area contributed by atoms with Gasteiger partial charge in [-0.1, -0.05) is 20.3 Å². The van der Waals surface area contributed by atoms with Crippen LogP contribution in [0, 0.1) is 17.2 Å². The van der Waals surface area contributed by atoms with Crippen LogP contribution in [0.2, 0.25) is 0 Å². The maximum absolute atomic E-state index is 12.3. The van der Waals surface area contributed by atoms with Gasteiger partial charge in [0.2, 0.25) is 5.91 Å². The molecule has 0 radical (unpaired) electrons. The highest BCUT2D eigenvalue weighted by Gasteiger charge is 2.32. The molecule has 0 bridgehead atoms. The van der Waals surface area contributed by atoms with Crippen LogP contribution in [-0.4, -0.2) is 36.1 Å². The number of nitrogens with zero attached hydrogens (tertiary/aromatic N) is 2. The Balaban J connectivity index is 2.73. The van der Waals surface area contributed by atoms with E-state index in [1.54, 1.807) is 0 Å². The van der Waals surface area contributed by atoms with Crippen LogP contribution in [0.1, 0.15) is 40.0 Å². The molecule has 4 nitrogen and oxygen atoms in total. The lowest BCUT2D eigenvalue weighted by Gasteiger charge is -2.39. The number of carbonyl (C=O) groups excluding carboxylic acids is 1. The monoisotopic (exact) mass is 238 g/mol. The summed E-state index contributed by atoms with van der Waals surface area (Å²) in [5, 5.41) is 9.05. The number of hydrogen-bond donors (Lipinski definition) is 0. The van der Waals surface area contributed by atoms with Crippen molar-refractivity contribution in [3.05, 3.63) is 0 Å². The molecule has 1 aliphatic rings. The summed E-state index contributed by atoms with van der Waals surface area (Å²) in [6.07, 6.45) is 2.46. The summed E-state index contributed by atoms with van der Waals surface area (Å²) in [4.78, 5) is 14.1. The Bertz CT molecular complexity index is 298. The molecule has 3 unspecified atom stereocenters. The molecular weight excluding hydrogens is 216 g/mol. The van der Waals surface area contributed by atoms with Crippen molar-refractivity contribution in [2.45, 2.75) is 52.2 Å². The van der Waals surface area contributed by atoms with Crippen molar-refractivity contribution in [2.24, 2.45) is 5.92 Å². The third kappa shape index (κ3) is 3.44. The first kappa shape index (κ1) is 14.0. The number of ether oxygens (including phenoxy) is 1. The lowest BCUT2D eigenvalue weighted by molar-refractivity contribution is -0.147. The van der Waals surface area contributed by atoms with Crippen LogP contribution in [0.5, 0.6) is 0 Å². The fourth-order valence-electron chi connectivity index (χ4n) is 2.18. The van der Waals surface area contributed by atoms with Crippen molar-refractivity contribution < 1.29 is 9.53 Å². The van der Waals surface area contributed by atoms with Gasteiger partial charge in [0.25, 0.3) is 0 Å². The smallest absolute Gasteiger partial charge is 0.240 e. The van der Waals surface area contributed by atoms with E-state index in [0.717, 1.165) is 12.8 Å². The predicted octanol–water partition coefficient (Wildman–Crippen LogP) is 1.95. The summed E-state index contributed by atoms with van der Waals surface area (Å²) in [6, 6.07) is 2.26. The minimum absolute atomic E-state index is 0.0173. The van der Waals surface area contributed by atoms with Crippen molar-refractivity contribution in [1.29, 1.82) is 5.26 Å². The SMILES string of the molecule is CCCC(C#N)C(=O)N1CC(C)OCC1CC. The van der Waals surface area contributed by atoms with Crippen LogP contribution < -0.4 is 0 Å². The minimum atomic E-state index is -0.487. The third-order valence-corrected chi connectivity index (χ3v) is 3.25. The summed E-state index contributed by atoms with van der Waals surface area (Å²) in [5.74, 6) is -0.504. The van der Waals surface area contributed by atoms with E-state index in [-0.39, 0.29) is 18.1 Å². The van der Waals surface area contributed by atoms with E-state index in [2.05, 4.69) is 6.07 Å². The van der Waals surface area contributed by atoms with Crippen molar-refractivity contribution in [1.82, 2.24) is 4.90 Å². The van der Waals surface area contributed by atoms with Gasteiger partial charge in [0.05, 0.1) is 24.8 Å². The Kier molecular flexibility index (Phi) is 5.43. The molecule has 3 atom stereocenters. The number of nitriles is 1. The van der Waals surface area contributed by atoms with E-state index in [9.17, 15) is 4.79 Å². The van der Waals surface area contributed by atoms with Crippen LogP contribution in [-0.2, 0) is 9.53 Å². The summed E-state index contributed by atoms with van der Waals surface area (Å²) in [6.45, 7) is 7.21. The van der Waals surface area contributed by atoms with Crippen molar-refractivity contribution in [3.63, 3.8) is 0 Å². The van der Waals surface area contributed by atoms with Crippen molar-refractivity contribution >= 4 is 5.91 Å². The van der Waals surface area contributed by atoms with Gasteiger partial charge in [0.15, 0.2) is 0 Å². The lowest BCUT2D eigenvalue weighted by atomic mass is 10.0. The Hall–Kier alpha value is -1.08. The molecule has 0 spiro atoms.